The van der Waals surface area contributed by atoms with E-state index in [9.17, 15) is 4.79 Å². The number of hydrogen-bond donors (Lipinski definition) is 1. The van der Waals surface area contributed by atoms with E-state index in [1.165, 1.54) is 4.68 Å². The molecule has 0 fully saturated rings. The first kappa shape index (κ1) is 16.0. The lowest BCUT2D eigenvalue weighted by Gasteiger charge is -2.17. The molecule has 1 N–H and O–H groups in total. The maximum atomic E-state index is 12.1. The van der Waals surface area contributed by atoms with E-state index >= 15 is 0 Å². The van der Waals surface area contributed by atoms with Gasteiger partial charge in [-0.2, -0.15) is 5.10 Å². The third kappa shape index (κ3) is 4.51. The Labute approximate surface area is 119 Å². The van der Waals surface area contributed by atoms with Gasteiger partial charge in [-0.15, -0.1) is 0 Å². The Kier molecular flexibility index (Phi) is 6.31. The first-order chi connectivity index (χ1) is 8.99. The molecule has 19 heavy (non-hydrogen) atoms. The van der Waals surface area contributed by atoms with E-state index in [1.807, 2.05) is 19.0 Å². The predicted molar refractivity (Wildman–Crippen MR) is 80.1 cm³/mol. The molecule has 1 aromatic rings. The SMILES string of the molecule is CCC(CC)Nc1cnn(CCN(C)C)c(=O)c1Cl. The van der Waals surface area contributed by atoms with Crippen LogP contribution < -0.4 is 10.9 Å². The van der Waals surface area contributed by atoms with Gasteiger partial charge in [0.15, 0.2) is 0 Å². The predicted octanol–water partition coefficient (Wildman–Crippen LogP) is 2.06. The van der Waals surface area contributed by atoms with Crippen LogP contribution in [0.25, 0.3) is 0 Å². The minimum Gasteiger partial charge on any atom is -0.380 e. The van der Waals surface area contributed by atoms with Crippen molar-refractivity contribution in [2.45, 2.75) is 39.3 Å². The molecule has 0 saturated heterocycles. The van der Waals surface area contributed by atoms with E-state index in [1.54, 1.807) is 6.20 Å². The van der Waals surface area contributed by atoms with Gasteiger partial charge in [0.1, 0.15) is 5.02 Å². The number of aromatic nitrogens is 2. The molecule has 0 aliphatic rings. The molecule has 0 aliphatic carbocycles. The van der Waals surface area contributed by atoms with Gasteiger partial charge in [0.2, 0.25) is 0 Å². The van der Waals surface area contributed by atoms with Gasteiger partial charge in [0.05, 0.1) is 18.4 Å². The highest BCUT2D eigenvalue weighted by Crippen LogP contribution is 2.18. The third-order valence-corrected chi connectivity index (χ3v) is 3.45. The second-order valence-electron chi connectivity index (χ2n) is 4.86. The summed E-state index contributed by atoms with van der Waals surface area (Å²) in [6.45, 7) is 5.49. The van der Waals surface area contributed by atoms with Crippen LogP contribution in [-0.2, 0) is 6.54 Å². The van der Waals surface area contributed by atoms with Gasteiger partial charge < -0.3 is 10.2 Å². The summed E-state index contributed by atoms with van der Waals surface area (Å²) in [5.74, 6) is 0. The Bertz CT molecular complexity index is 454. The molecule has 0 radical (unpaired) electrons. The molecule has 0 spiro atoms. The Hall–Kier alpha value is -1.07. The Balaban J connectivity index is 2.88. The first-order valence-electron chi connectivity index (χ1n) is 6.66. The van der Waals surface area contributed by atoms with E-state index in [-0.39, 0.29) is 10.6 Å². The third-order valence-electron chi connectivity index (χ3n) is 3.09. The Morgan fingerprint density at radius 1 is 1.42 bits per heavy atom. The average molecular weight is 287 g/mol. The van der Waals surface area contributed by atoms with Crippen molar-refractivity contribution >= 4 is 17.3 Å². The maximum absolute atomic E-state index is 12.1. The molecule has 0 bridgehead atoms. The van der Waals surface area contributed by atoms with Gasteiger partial charge in [-0.3, -0.25) is 4.79 Å². The summed E-state index contributed by atoms with van der Waals surface area (Å²) in [6.07, 6.45) is 3.60. The van der Waals surface area contributed by atoms with E-state index in [2.05, 4.69) is 24.3 Å². The van der Waals surface area contributed by atoms with Crippen LogP contribution in [0.5, 0.6) is 0 Å². The fraction of sp³-hybridized carbons (Fsp3) is 0.692. The highest BCUT2D eigenvalue weighted by molar-refractivity contribution is 6.32. The number of anilines is 1. The zero-order chi connectivity index (χ0) is 14.4. The molecule has 1 rings (SSSR count). The highest BCUT2D eigenvalue weighted by atomic mass is 35.5. The van der Waals surface area contributed by atoms with Gasteiger partial charge in [-0.1, -0.05) is 25.4 Å². The molecule has 108 valence electrons. The van der Waals surface area contributed by atoms with Crippen LogP contribution in [-0.4, -0.2) is 41.4 Å². The van der Waals surface area contributed by atoms with Crippen molar-refractivity contribution in [2.75, 3.05) is 26.0 Å². The van der Waals surface area contributed by atoms with Gasteiger partial charge in [0.25, 0.3) is 5.56 Å². The quantitative estimate of drug-likeness (QED) is 0.834. The Morgan fingerprint density at radius 2 is 2.05 bits per heavy atom. The molecular formula is C13H23ClN4O. The van der Waals surface area contributed by atoms with Gasteiger partial charge in [-0.05, 0) is 26.9 Å². The normalized spacial score (nSPS) is 11.3. The maximum Gasteiger partial charge on any atom is 0.287 e. The smallest absolute Gasteiger partial charge is 0.287 e. The molecule has 0 unspecified atom stereocenters. The van der Waals surface area contributed by atoms with Crippen molar-refractivity contribution in [1.29, 1.82) is 0 Å². The summed E-state index contributed by atoms with van der Waals surface area (Å²) in [6, 6.07) is 0.316. The summed E-state index contributed by atoms with van der Waals surface area (Å²) < 4.78 is 1.40. The Morgan fingerprint density at radius 3 is 2.58 bits per heavy atom. The molecule has 1 aromatic heterocycles. The topological polar surface area (TPSA) is 50.2 Å². The molecule has 0 aliphatic heterocycles. The van der Waals surface area contributed by atoms with Crippen molar-refractivity contribution in [3.05, 3.63) is 21.6 Å². The van der Waals surface area contributed by atoms with Gasteiger partial charge in [0, 0.05) is 12.6 Å². The minimum absolute atomic E-state index is 0.223. The molecule has 0 aromatic carbocycles. The number of nitrogens with zero attached hydrogens (tertiary/aromatic N) is 3. The standard InChI is InChI=1S/C13H23ClN4O/c1-5-10(6-2)16-11-9-15-18(8-7-17(3)4)13(19)12(11)14/h9-10,16H,5-8H2,1-4H3. The number of likely N-dealkylation sites (N-methyl/N-ethyl adjacent to an activating group) is 1. The van der Waals surface area contributed by atoms with Crippen molar-refractivity contribution in [3.63, 3.8) is 0 Å². The molecular weight excluding hydrogens is 264 g/mol. The first-order valence-corrected chi connectivity index (χ1v) is 7.04. The lowest BCUT2D eigenvalue weighted by molar-refractivity contribution is 0.367. The zero-order valence-electron chi connectivity index (χ0n) is 12.1. The minimum atomic E-state index is -0.237. The fourth-order valence-corrected chi connectivity index (χ4v) is 1.93. The zero-order valence-corrected chi connectivity index (χ0v) is 12.9. The second-order valence-corrected chi connectivity index (χ2v) is 5.24. The number of hydrogen-bond acceptors (Lipinski definition) is 4. The summed E-state index contributed by atoms with van der Waals surface area (Å²) in [4.78, 5) is 14.1. The van der Waals surface area contributed by atoms with E-state index < -0.39 is 0 Å². The molecule has 5 nitrogen and oxygen atoms in total. The molecule has 1 heterocycles. The number of halogens is 1. The van der Waals surface area contributed by atoms with Crippen molar-refractivity contribution in [3.8, 4) is 0 Å². The highest BCUT2D eigenvalue weighted by Gasteiger charge is 2.12. The van der Waals surface area contributed by atoms with Crippen LogP contribution in [0.3, 0.4) is 0 Å². The van der Waals surface area contributed by atoms with E-state index in [4.69, 9.17) is 11.6 Å². The summed E-state index contributed by atoms with van der Waals surface area (Å²) in [5.41, 5.74) is 0.390. The van der Waals surface area contributed by atoms with Crippen LogP contribution in [0.15, 0.2) is 11.0 Å². The van der Waals surface area contributed by atoms with Crippen molar-refractivity contribution < 1.29 is 0 Å². The van der Waals surface area contributed by atoms with Crippen molar-refractivity contribution in [1.82, 2.24) is 14.7 Å². The van der Waals surface area contributed by atoms with Crippen molar-refractivity contribution in [2.24, 2.45) is 0 Å². The average Bonchev–Trinajstić information content (AvgIpc) is 2.39. The number of rotatable bonds is 7. The van der Waals surface area contributed by atoms with Crippen LogP contribution in [0.4, 0.5) is 5.69 Å². The van der Waals surface area contributed by atoms with E-state index in [0.717, 1.165) is 19.4 Å². The second kappa shape index (κ2) is 7.50. The monoisotopic (exact) mass is 286 g/mol. The lowest BCUT2D eigenvalue weighted by Crippen LogP contribution is -2.30. The molecule has 6 heteroatoms. The van der Waals surface area contributed by atoms with Crippen LogP contribution in [0.1, 0.15) is 26.7 Å². The summed E-state index contributed by atoms with van der Waals surface area (Å²) in [5, 5.41) is 7.65. The molecule has 0 atom stereocenters. The van der Waals surface area contributed by atoms with Gasteiger partial charge in [-0.25, -0.2) is 4.68 Å². The van der Waals surface area contributed by atoms with Crippen LogP contribution >= 0.6 is 11.6 Å². The fourth-order valence-electron chi connectivity index (χ4n) is 1.73. The summed E-state index contributed by atoms with van der Waals surface area (Å²) >= 11 is 6.12. The largest absolute Gasteiger partial charge is 0.380 e. The molecule has 0 saturated carbocycles. The van der Waals surface area contributed by atoms with E-state index in [0.29, 0.717) is 18.3 Å². The number of nitrogens with one attached hydrogen (secondary N) is 1. The summed E-state index contributed by atoms with van der Waals surface area (Å²) in [7, 11) is 3.91. The van der Waals surface area contributed by atoms with Crippen LogP contribution in [0, 0.1) is 0 Å². The van der Waals surface area contributed by atoms with Gasteiger partial charge >= 0.3 is 0 Å². The molecule has 0 amide bonds. The van der Waals surface area contributed by atoms with Crippen LogP contribution in [0.2, 0.25) is 5.02 Å². The lowest BCUT2D eigenvalue weighted by atomic mass is 10.1.